The predicted octanol–water partition coefficient (Wildman–Crippen LogP) is 4.02. The highest BCUT2D eigenvalue weighted by molar-refractivity contribution is 5.90. The van der Waals surface area contributed by atoms with Gasteiger partial charge in [0.2, 0.25) is 17.7 Å². The van der Waals surface area contributed by atoms with Gasteiger partial charge < -0.3 is 35.0 Å². The second-order valence-electron chi connectivity index (χ2n) is 10.4. The lowest BCUT2D eigenvalue weighted by Gasteiger charge is -2.30. The number of primary amides is 1. The summed E-state index contributed by atoms with van der Waals surface area (Å²) in [6.07, 6.45) is 2.24. The first kappa shape index (κ1) is 30.6. The van der Waals surface area contributed by atoms with Crippen LogP contribution in [0.5, 0.6) is 5.75 Å². The molecule has 11 nitrogen and oxygen atoms in total. The minimum absolute atomic E-state index is 0.0398. The van der Waals surface area contributed by atoms with E-state index in [1.54, 1.807) is 7.11 Å². The second-order valence-corrected chi connectivity index (χ2v) is 10.4. The summed E-state index contributed by atoms with van der Waals surface area (Å²) in [7, 11) is 1.61. The maximum atomic E-state index is 13.0. The molecule has 1 fully saturated rings. The molecule has 3 atom stereocenters. The van der Waals surface area contributed by atoms with Gasteiger partial charge in [0.05, 0.1) is 20.1 Å². The van der Waals surface area contributed by atoms with Gasteiger partial charge in [0.15, 0.2) is 0 Å². The van der Waals surface area contributed by atoms with Crippen molar-refractivity contribution in [2.75, 3.05) is 13.7 Å². The summed E-state index contributed by atoms with van der Waals surface area (Å²) >= 11 is 0. The Labute approximate surface area is 245 Å². The monoisotopic (exact) mass is 578 g/mol. The number of rotatable bonds is 13. The molecule has 2 unspecified atom stereocenters. The fraction of sp³-hybridized carbons (Fsp3) is 0.419. The molecule has 2 aromatic carbocycles. The van der Waals surface area contributed by atoms with Crippen LogP contribution in [0.3, 0.4) is 0 Å². The number of hydrogen-bond donors (Lipinski definition) is 3. The number of aromatic nitrogens is 1. The van der Waals surface area contributed by atoms with Crippen molar-refractivity contribution in [2.45, 2.75) is 64.3 Å². The molecule has 0 saturated heterocycles. The Morgan fingerprint density at radius 1 is 1.10 bits per heavy atom. The van der Waals surface area contributed by atoms with Gasteiger partial charge in [-0.3, -0.25) is 9.59 Å². The Kier molecular flexibility index (Phi) is 10.9. The number of methoxy groups -OCH3 is 1. The highest BCUT2D eigenvalue weighted by atomic mass is 16.5. The number of alkyl carbamates (subject to hydrolysis) is 1. The van der Waals surface area contributed by atoms with Gasteiger partial charge in [-0.15, -0.1) is 0 Å². The number of carbonyl (C=O) groups excluding carboxylic acids is 3. The number of hydrogen-bond acceptors (Lipinski definition) is 8. The summed E-state index contributed by atoms with van der Waals surface area (Å²) in [4.78, 5) is 41.5. The molecule has 0 radical (unpaired) electrons. The van der Waals surface area contributed by atoms with Crippen LogP contribution in [0.1, 0.15) is 49.1 Å². The number of nitrogens with two attached hydrogens (primary N) is 1. The lowest BCUT2D eigenvalue weighted by molar-refractivity contribution is -0.127. The first-order chi connectivity index (χ1) is 20.3. The molecule has 1 aliphatic carbocycles. The van der Waals surface area contributed by atoms with Crippen LogP contribution >= 0.6 is 0 Å². The summed E-state index contributed by atoms with van der Waals surface area (Å²) in [6, 6.07) is 15.4. The molecule has 1 aliphatic rings. The van der Waals surface area contributed by atoms with Crippen molar-refractivity contribution in [1.29, 1.82) is 0 Å². The number of amides is 3. The topological polar surface area (TPSA) is 155 Å². The third-order valence-electron chi connectivity index (χ3n) is 7.16. The molecule has 3 aromatic rings. The molecule has 1 aromatic heterocycles. The third-order valence-corrected chi connectivity index (χ3v) is 7.16. The zero-order valence-electron chi connectivity index (χ0n) is 24.0. The molecule has 1 saturated carbocycles. The van der Waals surface area contributed by atoms with Crippen LogP contribution in [0, 0.1) is 12.8 Å². The highest BCUT2D eigenvalue weighted by Gasteiger charge is 2.29. The summed E-state index contributed by atoms with van der Waals surface area (Å²) in [5.41, 5.74) is 7.70. The van der Waals surface area contributed by atoms with Crippen molar-refractivity contribution in [3.8, 4) is 17.2 Å². The molecule has 224 valence electrons. The van der Waals surface area contributed by atoms with E-state index >= 15 is 0 Å². The van der Waals surface area contributed by atoms with Crippen molar-refractivity contribution >= 4 is 17.9 Å². The van der Waals surface area contributed by atoms with Gasteiger partial charge in [-0.25, -0.2) is 9.78 Å². The van der Waals surface area contributed by atoms with Gasteiger partial charge in [0.1, 0.15) is 29.9 Å². The van der Waals surface area contributed by atoms with Crippen molar-refractivity contribution in [2.24, 2.45) is 11.7 Å². The lowest BCUT2D eigenvalue weighted by Crippen LogP contribution is -2.52. The number of benzene rings is 2. The van der Waals surface area contributed by atoms with Crippen molar-refractivity contribution in [3.05, 3.63) is 71.6 Å². The van der Waals surface area contributed by atoms with Crippen LogP contribution < -0.4 is 21.1 Å². The number of nitrogens with zero attached hydrogens (tertiary/aromatic N) is 1. The molecule has 0 aliphatic heterocycles. The van der Waals surface area contributed by atoms with Crippen molar-refractivity contribution < 1.29 is 33.0 Å². The number of aryl methyl sites for hydroxylation is 1. The Morgan fingerprint density at radius 3 is 2.67 bits per heavy atom. The number of nitrogens with one attached hydrogen (secondary N) is 2. The average Bonchev–Trinajstić information content (AvgIpc) is 3.36. The quantitative estimate of drug-likeness (QED) is 0.275. The Balaban J connectivity index is 1.25. The number of ether oxygens (including phenoxy) is 3. The molecule has 0 spiro atoms. The standard InChI is InChI=1S/C31H38N4O7/c1-20-27(34-30(42-20)23-11-7-13-25(15-23)39-2)19-40-17-22-10-6-12-24(14-22)33-29(37)26(16-28(32)36)35-31(38)41-18-21-8-4-3-5-9-21/h3-5,7-9,11,13,15,22,24,26H,6,10,12,14,16-19H2,1-2H3,(H2,32,36)(H,33,37)(H,35,38)/t22?,24?,26-/m0/s1. The van der Waals surface area contributed by atoms with E-state index in [-0.39, 0.29) is 25.0 Å². The van der Waals surface area contributed by atoms with E-state index in [1.165, 1.54) is 0 Å². The van der Waals surface area contributed by atoms with Crippen LogP contribution in [0.2, 0.25) is 0 Å². The van der Waals surface area contributed by atoms with E-state index in [2.05, 4.69) is 15.6 Å². The Morgan fingerprint density at radius 2 is 1.90 bits per heavy atom. The Bertz CT molecular complexity index is 1340. The fourth-order valence-corrected chi connectivity index (χ4v) is 4.96. The molecule has 42 heavy (non-hydrogen) atoms. The summed E-state index contributed by atoms with van der Waals surface area (Å²) < 4.78 is 22.4. The van der Waals surface area contributed by atoms with Gasteiger partial charge in [-0.05, 0) is 55.9 Å². The van der Waals surface area contributed by atoms with Crippen LogP contribution in [0.15, 0.2) is 59.0 Å². The van der Waals surface area contributed by atoms with E-state index in [1.807, 2.05) is 61.5 Å². The van der Waals surface area contributed by atoms with Crippen LogP contribution in [-0.4, -0.2) is 48.7 Å². The van der Waals surface area contributed by atoms with Crippen LogP contribution in [0.25, 0.3) is 11.5 Å². The molecule has 4 rings (SSSR count). The zero-order chi connectivity index (χ0) is 29.9. The average molecular weight is 579 g/mol. The minimum atomic E-state index is -1.13. The van der Waals surface area contributed by atoms with E-state index in [0.717, 1.165) is 41.8 Å². The molecular weight excluding hydrogens is 540 g/mol. The molecular formula is C31H38N4O7. The van der Waals surface area contributed by atoms with Crippen molar-refractivity contribution in [1.82, 2.24) is 15.6 Å². The normalized spacial score (nSPS) is 17.2. The van der Waals surface area contributed by atoms with E-state index in [9.17, 15) is 14.4 Å². The second kappa shape index (κ2) is 15.0. The number of oxazole rings is 1. The first-order valence-corrected chi connectivity index (χ1v) is 14.0. The third kappa shape index (κ3) is 9.07. The van der Waals surface area contributed by atoms with Gasteiger partial charge in [-0.1, -0.05) is 42.8 Å². The van der Waals surface area contributed by atoms with E-state index in [4.69, 9.17) is 24.4 Å². The summed E-state index contributed by atoms with van der Waals surface area (Å²) in [5.74, 6) is 0.976. The highest BCUT2D eigenvalue weighted by Crippen LogP contribution is 2.27. The van der Waals surface area contributed by atoms with Crippen LogP contribution in [-0.2, 0) is 32.3 Å². The van der Waals surface area contributed by atoms with E-state index < -0.39 is 23.9 Å². The first-order valence-electron chi connectivity index (χ1n) is 14.0. The molecule has 11 heteroatoms. The minimum Gasteiger partial charge on any atom is -0.497 e. The maximum absolute atomic E-state index is 13.0. The number of carbonyl (C=O) groups is 3. The van der Waals surface area contributed by atoms with Gasteiger partial charge in [0.25, 0.3) is 0 Å². The Hall–Kier alpha value is -4.38. The van der Waals surface area contributed by atoms with Crippen LogP contribution in [0.4, 0.5) is 4.79 Å². The van der Waals surface area contributed by atoms with Gasteiger partial charge >= 0.3 is 6.09 Å². The molecule has 4 N–H and O–H groups in total. The lowest BCUT2D eigenvalue weighted by atomic mass is 9.86. The largest absolute Gasteiger partial charge is 0.497 e. The fourth-order valence-electron chi connectivity index (χ4n) is 4.96. The van der Waals surface area contributed by atoms with E-state index in [0.29, 0.717) is 31.3 Å². The summed E-state index contributed by atoms with van der Waals surface area (Å²) in [6.45, 7) is 2.71. The van der Waals surface area contributed by atoms with Gasteiger partial charge in [0, 0.05) is 18.2 Å². The smallest absolute Gasteiger partial charge is 0.408 e. The maximum Gasteiger partial charge on any atom is 0.408 e. The molecule has 0 bridgehead atoms. The molecule has 1 heterocycles. The van der Waals surface area contributed by atoms with Gasteiger partial charge in [-0.2, -0.15) is 0 Å². The summed E-state index contributed by atoms with van der Waals surface area (Å²) in [5, 5.41) is 5.45. The predicted molar refractivity (Wildman–Crippen MR) is 154 cm³/mol. The molecule has 3 amide bonds. The van der Waals surface area contributed by atoms with Crippen molar-refractivity contribution in [3.63, 3.8) is 0 Å². The SMILES string of the molecule is COc1cccc(-c2nc(COCC3CCCC(NC(=O)[C@H](CC(N)=O)NC(=O)OCc4ccccc4)C3)c(C)o2)c1. The zero-order valence-corrected chi connectivity index (χ0v) is 24.0.